The van der Waals surface area contributed by atoms with Crippen LogP contribution in [0.2, 0.25) is 0 Å². The summed E-state index contributed by atoms with van der Waals surface area (Å²) in [4.78, 5) is 12.9. The molecule has 1 heterocycles. The number of aliphatic carboxylic acids is 1. The van der Waals surface area contributed by atoms with Crippen LogP contribution in [0, 0.1) is 17.6 Å². The topological polar surface area (TPSA) is 40.5 Å². The lowest BCUT2D eigenvalue weighted by molar-refractivity contribution is -0.144. The third-order valence-corrected chi connectivity index (χ3v) is 4.48. The molecule has 2 unspecified atom stereocenters. The van der Waals surface area contributed by atoms with Crippen molar-refractivity contribution in [3.05, 3.63) is 33.8 Å². The molecule has 1 aromatic rings. The molecule has 0 aliphatic carbocycles. The minimum atomic E-state index is -0.795. The molecule has 6 heteroatoms. The molecular weight excluding hydrogens is 332 g/mol. The van der Waals surface area contributed by atoms with Gasteiger partial charge in [-0.1, -0.05) is 0 Å². The summed E-state index contributed by atoms with van der Waals surface area (Å²) in [7, 11) is 0. The lowest BCUT2D eigenvalue weighted by Crippen LogP contribution is -2.42. The standard InChI is InChI=1S/C14H16BrF2NO2/c1-8-6-9(14(19)20)4-5-18(8)7-10-12(16)3-2-11(15)13(10)17/h2-3,8-9H,4-7H2,1H3,(H,19,20). The van der Waals surface area contributed by atoms with Crippen molar-refractivity contribution in [2.45, 2.75) is 32.4 Å². The number of halogens is 3. The SMILES string of the molecule is CC1CC(C(=O)O)CCN1Cc1c(F)ccc(Br)c1F. The number of hydrogen-bond donors (Lipinski definition) is 1. The van der Waals surface area contributed by atoms with Crippen molar-refractivity contribution in [3.8, 4) is 0 Å². The first-order valence-electron chi connectivity index (χ1n) is 6.49. The number of nitrogens with zero attached hydrogens (tertiary/aromatic N) is 1. The quantitative estimate of drug-likeness (QED) is 0.851. The van der Waals surface area contributed by atoms with E-state index in [2.05, 4.69) is 15.9 Å². The molecule has 2 rings (SSSR count). The fourth-order valence-corrected chi connectivity index (χ4v) is 2.97. The van der Waals surface area contributed by atoms with E-state index in [0.29, 0.717) is 19.4 Å². The molecule has 0 amide bonds. The Kier molecular flexibility index (Phi) is 4.75. The van der Waals surface area contributed by atoms with Crippen molar-refractivity contribution in [1.29, 1.82) is 0 Å². The van der Waals surface area contributed by atoms with Gasteiger partial charge < -0.3 is 5.11 Å². The summed E-state index contributed by atoms with van der Waals surface area (Å²) in [6.07, 6.45) is 1.02. The van der Waals surface area contributed by atoms with Crippen LogP contribution >= 0.6 is 15.9 Å². The van der Waals surface area contributed by atoms with Crippen molar-refractivity contribution >= 4 is 21.9 Å². The molecule has 0 spiro atoms. The Balaban J connectivity index is 2.12. The third kappa shape index (κ3) is 3.17. The van der Waals surface area contributed by atoms with Gasteiger partial charge in [-0.3, -0.25) is 9.69 Å². The number of benzene rings is 1. The normalized spacial score (nSPS) is 23.8. The van der Waals surface area contributed by atoms with Crippen molar-refractivity contribution < 1.29 is 18.7 Å². The summed E-state index contributed by atoms with van der Waals surface area (Å²) in [6.45, 7) is 2.58. The highest BCUT2D eigenvalue weighted by Gasteiger charge is 2.30. The monoisotopic (exact) mass is 347 g/mol. The van der Waals surface area contributed by atoms with Gasteiger partial charge in [0.25, 0.3) is 0 Å². The van der Waals surface area contributed by atoms with Gasteiger partial charge in [0, 0.05) is 18.2 Å². The first kappa shape index (κ1) is 15.4. The number of likely N-dealkylation sites (tertiary alicyclic amines) is 1. The molecule has 0 aromatic heterocycles. The van der Waals surface area contributed by atoms with E-state index in [1.807, 2.05) is 11.8 Å². The summed E-state index contributed by atoms with van der Waals surface area (Å²) in [5.41, 5.74) is 0.0278. The van der Waals surface area contributed by atoms with E-state index in [4.69, 9.17) is 5.11 Å². The van der Waals surface area contributed by atoms with Gasteiger partial charge in [0.15, 0.2) is 0 Å². The highest BCUT2D eigenvalue weighted by atomic mass is 79.9. The van der Waals surface area contributed by atoms with Crippen molar-refractivity contribution in [3.63, 3.8) is 0 Å². The second-order valence-corrected chi connectivity index (χ2v) is 6.06. The molecule has 110 valence electrons. The van der Waals surface area contributed by atoms with Gasteiger partial charge in [-0.2, -0.15) is 0 Å². The zero-order valence-electron chi connectivity index (χ0n) is 11.1. The second kappa shape index (κ2) is 6.18. The Bertz CT molecular complexity index is 524. The first-order chi connectivity index (χ1) is 9.40. The molecule has 1 aliphatic heterocycles. The highest BCUT2D eigenvalue weighted by molar-refractivity contribution is 9.10. The van der Waals surface area contributed by atoms with Crippen LogP contribution in [-0.4, -0.2) is 28.6 Å². The van der Waals surface area contributed by atoms with Gasteiger partial charge in [0.05, 0.1) is 10.4 Å². The molecule has 1 aromatic carbocycles. The minimum Gasteiger partial charge on any atom is -0.481 e. The molecular formula is C14H16BrF2NO2. The maximum atomic E-state index is 13.9. The zero-order chi connectivity index (χ0) is 14.9. The Morgan fingerprint density at radius 3 is 2.80 bits per heavy atom. The fraction of sp³-hybridized carbons (Fsp3) is 0.500. The second-order valence-electron chi connectivity index (χ2n) is 5.20. The van der Waals surface area contributed by atoms with Crippen LogP contribution in [0.4, 0.5) is 8.78 Å². The number of carboxylic acids is 1. The van der Waals surface area contributed by atoms with Crippen molar-refractivity contribution in [2.24, 2.45) is 5.92 Å². The Morgan fingerprint density at radius 2 is 2.20 bits per heavy atom. The Morgan fingerprint density at radius 1 is 1.50 bits per heavy atom. The average Bonchev–Trinajstić information content (AvgIpc) is 2.40. The number of rotatable bonds is 3. The summed E-state index contributed by atoms with van der Waals surface area (Å²) in [5.74, 6) is -2.31. The van der Waals surface area contributed by atoms with E-state index >= 15 is 0 Å². The van der Waals surface area contributed by atoms with Crippen LogP contribution in [0.15, 0.2) is 16.6 Å². The van der Waals surface area contributed by atoms with Gasteiger partial charge in [0.2, 0.25) is 0 Å². The van der Waals surface area contributed by atoms with Crippen molar-refractivity contribution in [1.82, 2.24) is 4.90 Å². The van der Waals surface area contributed by atoms with E-state index in [-0.39, 0.29) is 28.5 Å². The number of carboxylic acid groups (broad SMARTS) is 1. The average molecular weight is 348 g/mol. The third-order valence-electron chi connectivity index (χ3n) is 3.86. The number of carbonyl (C=O) groups is 1. The zero-order valence-corrected chi connectivity index (χ0v) is 12.7. The van der Waals surface area contributed by atoms with Crippen molar-refractivity contribution in [2.75, 3.05) is 6.54 Å². The molecule has 0 saturated carbocycles. The van der Waals surface area contributed by atoms with E-state index in [9.17, 15) is 13.6 Å². The van der Waals surface area contributed by atoms with E-state index in [1.54, 1.807) is 0 Å². The summed E-state index contributed by atoms with van der Waals surface area (Å²) in [6, 6.07) is 2.56. The Hall–Kier alpha value is -1.01. The van der Waals surface area contributed by atoms with Gasteiger partial charge in [-0.05, 0) is 54.4 Å². The minimum absolute atomic E-state index is 0.0115. The lowest BCUT2D eigenvalue weighted by atomic mass is 9.91. The molecule has 1 fully saturated rings. The van der Waals surface area contributed by atoms with Crippen LogP contribution in [0.5, 0.6) is 0 Å². The van der Waals surface area contributed by atoms with Crippen LogP contribution in [0.25, 0.3) is 0 Å². The Labute approximate surface area is 124 Å². The first-order valence-corrected chi connectivity index (χ1v) is 7.28. The molecule has 0 bridgehead atoms. The van der Waals surface area contributed by atoms with E-state index in [1.165, 1.54) is 12.1 Å². The summed E-state index contributed by atoms with van der Waals surface area (Å²) in [5, 5.41) is 9.01. The molecule has 1 N–H and O–H groups in total. The van der Waals surface area contributed by atoms with Gasteiger partial charge >= 0.3 is 5.97 Å². The van der Waals surface area contributed by atoms with E-state index < -0.39 is 17.6 Å². The predicted octanol–water partition coefficient (Wildman–Crippen LogP) is 3.41. The number of piperidine rings is 1. The van der Waals surface area contributed by atoms with Gasteiger partial charge in [-0.15, -0.1) is 0 Å². The molecule has 2 atom stereocenters. The summed E-state index contributed by atoms with van der Waals surface area (Å²) >= 11 is 3.05. The van der Waals surface area contributed by atoms with Gasteiger partial charge in [-0.25, -0.2) is 8.78 Å². The van der Waals surface area contributed by atoms with Crippen LogP contribution in [-0.2, 0) is 11.3 Å². The molecule has 3 nitrogen and oxygen atoms in total. The van der Waals surface area contributed by atoms with Crippen LogP contribution in [0.3, 0.4) is 0 Å². The van der Waals surface area contributed by atoms with Crippen LogP contribution in [0.1, 0.15) is 25.3 Å². The van der Waals surface area contributed by atoms with E-state index in [0.717, 1.165) is 0 Å². The largest absolute Gasteiger partial charge is 0.481 e. The molecule has 1 aliphatic rings. The number of hydrogen-bond acceptors (Lipinski definition) is 2. The smallest absolute Gasteiger partial charge is 0.306 e. The maximum Gasteiger partial charge on any atom is 0.306 e. The van der Waals surface area contributed by atoms with Crippen LogP contribution < -0.4 is 0 Å². The maximum absolute atomic E-state index is 13.9. The van der Waals surface area contributed by atoms with Gasteiger partial charge in [0.1, 0.15) is 11.6 Å². The highest BCUT2D eigenvalue weighted by Crippen LogP contribution is 2.28. The summed E-state index contributed by atoms with van der Waals surface area (Å²) < 4.78 is 27.9. The molecule has 0 radical (unpaired) electrons. The molecule has 20 heavy (non-hydrogen) atoms. The predicted molar refractivity (Wildman–Crippen MR) is 74.3 cm³/mol. The molecule has 1 saturated heterocycles. The lowest BCUT2D eigenvalue weighted by Gasteiger charge is -2.36. The fourth-order valence-electron chi connectivity index (χ4n) is 2.60.